The molecule has 5 nitrogen and oxygen atoms in total. The molecule has 0 heterocycles. The zero-order valence-electron chi connectivity index (χ0n) is 18.4. The van der Waals surface area contributed by atoms with E-state index in [2.05, 4.69) is 33.5 Å². The molecule has 0 bridgehead atoms. The molecule has 2 aromatic carbocycles. The van der Waals surface area contributed by atoms with Gasteiger partial charge in [-0.15, -0.1) is 0 Å². The molecule has 0 radical (unpaired) electrons. The molecular weight excluding hydrogens is 476 g/mol. The Labute approximate surface area is 199 Å². The van der Waals surface area contributed by atoms with Crippen LogP contribution in [0.3, 0.4) is 0 Å². The molecular formula is C24H31BrN2O3S. The summed E-state index contributed by atoms with van der Waals surface area (Å²) in [5.74, 6) is 0.941. The lowest BCUT2D eigenvalue weighted by Gasteiger charge is -2.15. The Morgan fingerprint density at radius 3 is 2.61 bits per heavy atom. The summed E-state index contributed by atoms with van der Waals surface area (Å²) in [6, 6.07) is 12.9. The standard InChI is InChI=1S/C24H31BrN2O3S/c1-4-5-6-7-8-14-29-20-11-9-10-19(16-20)26-24(31)27-23(28)21-15-18(25)12-13-22(21)30-17(2)3/h9-13,15-17H,4-8,14H2,1-3H3,(H2,26,27,28,31). The predicted octanol–water partition coefficient (Wildman–Crippen LogP) is 6.71. The minimum Gasteiger partial charge on any atom is -0.494 e. The molecule has 0 unspecified atom stereocenters. The molecule has 2 N–H and O–H groups in total. The molecule has 0 aromatic heterocycles. The topological polar surface area (TPSA) is 59.6 Å². The van der Waals surface area contributed by atoms with E-state index >= 15 is 0 Å². The fourth-order valence-corrected chi connectivity index (χ4v) is 3.50. The number of halogens is 1. The molecule has 1 amide bonds. The van der Waals surface area contributed by atoms with E-state index in [1.165, 1.54) is 25.7 Å². The second-order valence-corrected chi connectivity index (χ2v) is 8.83. The third-order valence-electron chi connectivity index (χ3n) is 4.38. The maximum Gasteiger partial charge on any atom is 0.261 e. The highest BCUT2D eigenvalue weighted by atomic mass is 79.9. The number of carbonyl (C=O) groups excluding carboxylic acids is 1. The van der Waals surface area contributed by atoms with Gasteiger partial charge < -0.3 is 14.8 Å². The second kappa shape index (κ2) is 13.3. The number of unbranched alkanes of at least 4 members (excludes halogenated alkanes) is 4. The molecule has 0 aliphatic rings. The number of anilines is 1. The van der Waals surface area contributed by atoms with Crippen LogP contribution in [-0.4, -0.2) is 23.7 Å². The van der Waals surface area contributed by atoms with Crippen LogP contribution in [0.15, 0.2) is 46.9 Å². The number of thiocarbonyl (C=S) groups is 1. The first-order valence-corrected chi connectivity index (χ1v) is 11.9. The van der Waals surface area contributed by atoms with Crippen LogP contribution in [0, 0.1) is 0 Å². The van der Waals surface area contributed by atoms with E-state index in [4.69, 9.17) is 21.7 Å². The van der Waals surface area contributed by atoms with E-state index in [9.17, 15) is 4.79 Å². The molecule has 0 spiro atoms. The average Bonchev–Trinajstić information content (AvgIpc) is 2.71. The molecule has 0 aliphatic heterocycles. The van der Waals surface area contributed by atoms with Gasteiger partial charge in [0.05, 0.1) is 18.3 Å². The van der Waals surface area contributed by atoms with Crippen molar-refractivity contribution in [1.29, 1.82) is 0 Å². The Kier molecular flexibility index (Phi) is 10.8. The molecule has 168 valence electrons. The summed E-state index contributed by atoms with van der Waals surface area (Å²) in [6.07, 6.45) is 5.93. The summed E-state index contributed by atoms with van der Waals surface area (Å²) in [5.41, 5.74) is 1.16. The first kappa shape index (κ1) is 25.1. The van der Waals surface area contributed by atoms with Gasteiger partial charge in [-0.2, -0.15) is 0 Å². The molecule has 0 saturated carbocycles. The first-order chi connectivity index (χ1) is 14.9. The molecule has 7 heteroatoms. The van der Waals surface area contributed by atoms with Crippen LogP contribution in [0.25, 0.3) is 0 Å². The number of hydrogen-bond donors (Lipinski definition) is 2. The van der Waals surface area contributed by atoms with E-state index in [-0.39, 0.29) is 17.1 Å². The average molecular weight is 507 g/mol. The van der Waals surface area contributed by atoms with Crippen molar-refractivity contribution in [1.82, 2.24) is 5.32 Å². The highest BCUT2D eigenvalue weighted by Crippen LogP contribution is 2.24. The van der Waals surface area contributed by atoms with Gasteiger partial charge in [0.25, 0.3) is 5.91 Å². The van der Waals surface area contributed by atoms with E-state index in [1.54, 1.807) is 12.1 Å². The molecule has 0 atom stereocenters. The number of hydrogen-bond acceptors (Lipinski definition) is 4. The van der Waals surface area contributed by atoms with Crippen LogP contribution in [0.4, 0.5) is 5.69 Å². The van der Waals surface area contributed by atoms with E-state index in [1.807, 2.05) is 44.2 Å². The zero-order chi connectivity index (χ0) is 22.6. The summed E-state index contributed by atoms with van der Waals surface area (Å²) in [4.78, 5) is 12.8. The summed E-state index contributed by atoms with van der Waals surface area (Å²) >= 11 is 8.73. The molecule has 0 saturated heterocycles. The lowest BCUT2D eigenvalue weighted by atomic mass is 10.2. The van der Waals surface area contributed by atoms with E-state index in [0.29, 0.717) is 17.9 Å². The molecule has 0 fully saturated rings. The Morgan fingerprint density at radius 1 is 1.10 bits per heavy atom. The molecule has 31 heavy (non-hydrogen) atoms. The van der Waals surface area contributed by atoms with Gasteiger partial charge in [-0.1, -0.05) is 54.6 Å². The van der Waals surface area contributed by atoms with Gasteiger partial charge in [0.1, 0.15) is 11.5 Å². The maximum atomic E-state index is 12.8. The van der Waals surface area contributed by atoms with Crippen LogP contribution in [-0.2, 0) is 0 Å². The van der Waals surface area contributed by atoms with Crippen molar-refractivity contribution in [3.63, 3.8) is 0 Å². The Morgan fingerprint density at radius 2 is 1.87 bits per heavy atom. The van der Waals surface area contributed by atoms with Crippen molar-refractivity contribution in [2.45, 2.75) is 59.0 Å². The van der Waals surface area contributed by atoms with E-state index in [0.717, 1.165) is 22.3 Å². The third-order valence-corrected chi connectivity index (χ3v) is 5.08. The quantitative estimate of drug-likeness (QED) is 0.262. The maximum absolute atomic E-state index is 12.8. The predicted molar refractivity (Wildman–Crippen MR) is 134 cm³/mol. The molecule has 2 aromatic rings. The van der Waals surface area contributed by atoms with Crippen LogP contribution < -0.4 is 20.1 Å². The highest BCUT2D eigenvalue weighted by Gasteiger charge is 2.16. The van der Waals surface area contributed by atoms with Gasteiger partial charge in [-0.3, -0.25) is 10.1 Å². The van der Waals surface area contributed by atoms with Crippen molar-refractivity contribution >= 4 is 44.9 Å². The minimum absolute atomic E-state index is 0.0489. The fraction of sp³-hybridized carbons (Fsp3) is 0.417. The summed E-state index contributed by atoms with van der Waals surface area (Å²) in [6.45, 7) is 6.72. The first-order valence-electron chi connectivity index (χ1n) is 10.7. The number of amides is 1. The minimum atomic E-state index is -0.339. The van der Waals surface area contributed by atoms with Gasteiger partial charge in [0.15, 0.2) is 5.11 Å². The number of rotatable bonds is 11. The number of nitrogens with one attached hydrogen (secondary N) is 2. The van der Waals surface area contributed by atoms with Crippen LogP contribution >= 0.6 is 28.1 Å². The Hall–Kier alpha value is -2.12. The lowest BCUT2D eigenvalue weighted by molar-refractivity contribution is 0.0972. The van der Waals surface area contributed by atoms with Crippen molar-refractivity contribution in [3.8, 4) is 11.5 Å². The van der Waals surface area contributed by atoms with Crippen LogP contribution in [0.1, 0.15) is 63.2 Å². The van der Waals surface area contributed by atoms with Crippen molar-refractivity contribution in [2.24, 2.45) is 0 Å². The SMILES string of the molecule is CCCCCCCOc1cccc(NC(=S)NC(=O)c2cc(Br)ccc2OC(C)C)c1. The molecule has 2 rings (SSSR count). The van der Waals surface area contributed by atoms with E-state index < -0.39 is 0 Å². The monoisotopic (exact) mass is 506 g/mol. The summed E-state index contributed by atoms with van der Waals surface area (Å²) in [5, 5.41) is 5.97. The smallest absolute Gasteiger partial charge is 0.261 e. The van der Waals surface area contributed by atoms with Gasteiger partial charge in [0.2, 0.25) is 0 Å². The fourth-order valence-electron chi connectivity index (χ4n) is 2.93. The second-order valence-electron chi connectivity index (χ2n) is 7.51. The summed E-state index contributed by atoms with van der Waals surface area (Å²) in [7, 11) is 0. The normalized spacial score (nSPS) is 10.6. The van der Waals surface area contributed by atoms with Gasteiger partial charge in [-0.05, 0) is 62.8 Å². The zero-order valence-corrected chi connectivity index (χ0v) is 20.8. The summed E-state index contributed by atoms with van der Waals surface area (Å²) < 4.78 is 12.4. The largest absolute Gasteiger partial charge is 0.494 e. The van der Waals surface area contributed by atoms with Gasteiger partial charge in [0, 0.05) is 16.2 Å². The Bertz CT molecular complexity index is 874. The van der Waals surface area contributed by atoms with Crippen molar-refractivity contribution in [3.05, 3.63) is 52.5 Å². The molecule has 0 aliphatic carbocycles. The number of benzene rings is 2. The number of carbonyl (C=O) groups is 1. The lowest BCUT2D eigenvalue weighted by Crippen LogP contribution is -2.34. The highest BCUT2D eigenvalue weighted by molar-refractivity contribution is 9.10. The van der Waals surface area contributed by atoms with Crippen molar-refractivity contribution in [2.75, 3.05) is 11.9 Å². The van der Waals surface area contributed by atoms with Crippen LogP contribution in [0.5, 0.6) is 11.5 Å². The Balaban J connectivity index is 1.91. The van der Waals surface area contributed by atoms with Crippen LogP contribution in [0.2, 0.25) is 0 Å². The number of ether oxygens (including phenoxy) is 2. The van der Waals surface area contributed by atoms with Gasteiger partial charge >= 0.3 is 0 Å². The van der Waals surface area contributed by atoms with Crippen molar-refractivity contribution < 1.29 is 14.3 Å². The van der Waals surface area contributed by atoms with Gasteiger partial charge in [-0.25, -0.2) is 0 Å². The third kappa shape index (κ3) is 9.27.